The first-order valence-corrected chi connectivity index (χ1v) is 6.60. The van der Waals surface area contributed by atoms with Crippen LogP contribution in [0.2, 0.25) is 0 Å². The van der Waals surface area contributed by atoms with Crippen molar-refractivity contribution >= 4 is 15.9 Å². The number of rotatable bonds is 7. The molecule has 0 heterocycles. The Morgan fingerprint density at radius 3 is 2.81 bits per heavy atom. The number of nitrogens with one attached hydrogen (secondary N) is 1. The molecule has 16 heavy (non-hydrogen) atoms. The molecular formula is C13H20BrNO. The number of aryl methyl sites for hydroxylation is 1. The minimum atomic E-state index is 0.930. The van der Waals surface area contributed by atoms with Gasteiger partial charge < -0.3 is 10.1 Å². The van der Waals surface area contributed by atoms with E-state index in [1.807, 2.05) is 12.1 Å². The molecule has 0 radical (unpaired) electrons. The quantitative estimate of drug-likeness (QED) is 0.776. The lowest BCUT2D eigenvalue weighted by Gasteiger charge is -2.07. The van der Waals surface area contributed by atoms with Gasteiger partial charge in [-0.1, -0.05) is 22.9 Å². The Labute approximate surface area is 107 Å². The first kappa shape index (κ1) is 13.5. The van der Waals surface area contributed by atoms with Crippen molar-refractivity contribution in [1.29, 1.82) is 0 Å². The summed E-state index contributed by atoms with van der Waals surface area (Å²) in [5.41, 5.74) is 1.32. The summed E-state index contributed by atoms with van der Waals surface area (Å²) < 4.78 is 6.39. The molecule has 0 aromatic heterocycles. The van der Waals surface area contributed by atoms with Gasteiger partial charge in [0.2, 0.25) is 0 Å². The van der Waals surface area contributed by atoms with Crippen LogP contribution < -0.4 is 10.1 Å². The Hall–Kier alpha value is -0.540. The summed E-state index contributed by atoms with van der Waals surface area (Å²) in [5, 5.41) is 3.41. The zero-order valence-electron chi connectivity index (χ0n) is 10.1. The molecule has 0 unspecified atom stereocenters. The van der Waals surface area contributed by atoms with Gasteiger partial charge in [0.1, 0.15) is 5.75 Å². The second-order valence-electron chi connectivity index (χ2n) is 3.81. The molecule has 0 atom stereocenters. The lowest BCUT2D eigenvalue weighted by Crippen LogP contribution is -2.16. The van der Waals surface area contributed by atoms with Crippen LogP contribution in [0.5, 0.6) is 5.75 Å². The van der Waals surface area contributed by atoms with E-state index in [1.165, 1.54) is 16.5 Å². The van der Waals surface area contributed by atoms with Gasteiger partial charge in [-0.15, -0.1) is 0 Å². The Morgan fingerprint density at radius 2 is 2.12 bits per heavy atom. The minimum absolute atomic E-state index is 0.930. The van der Waals surface area contributed by atoms with Gasteiger partial charge in [-0.3, -0.25) is 0 Å². The van der Waals surface area contributed by atoms with Crippen LogP contribution >= 0.6 is 15.9 Å². The highest BCUT2D eigenvalue weighted by Crippen LogP contribution is 2.23. The van der Waals surface area contributed by atoms with Crippen molar-refractivity contribution in [1.82, 2.24) is 5.32 Å². The molecule has 0 aliphatic heterocycles. The average Bonchev–Trinajstić information content (AvgIpc) is 2.31. The maximum atomic E-state index is 5.22. The molecule has 0 saturated carbocycles. The molecule has 0 spiro atoms. The fourth-order valence-corrected chi connectivity index (χ4v) is 2.02. The van der Waals surface area contributed by atoms with Crippen molar-refractivity contribution < 1.29 is 4.74 Å². The predicted octanol–water partition coefficient (Wildman–Crippen LogP) is 3.39. The predicted molar refractivity (Wildman–Crippen MR) is 72.2 cm³/mol. The fourth-order valence-electron chi connectivity index (χ4n) is 1.58. The zero-order valence-corrected chi connectivity index (χ0v) is 11.6. The van der Waals surface area contributed by atoms with Gasteiger partial charge in [0.05, 0.1) is 7.11 Å². The lowest BCUT2D eigenvalue weighted by molar-refractivity contribution is 0.414. The highest BCUT2D eigenvalue weighted by atomic mass is 79.9. The number of halogens is 1. The molecule has 0 aliphatic carbocycles. The largest absolute Gasteiger partial charge is 0.497 e. The van der Waals surface area contributed by atoms with Crippen molar-refractivity contribution in [3.8, 4) is 5.75 Å². The van der Waals surface area contributed by atoms with E-state index in [1.54, 1.807) is 7.11 Å². The van der Waals surface area contributed by atoms with Crippen LogP contribution in [-0.4, -0.2) is 20.2 Å². The second kappa shape index (κ2) is 7.69. The van der Waals surface area contributed by atoms with Crippen molar-refractivity contribution in [2.75, 3.05) is 20.2 Å². The van der Waals surface area contributed by atoms with Crippen molar-refractivity contribution in [3.63, 3.8) is 0 Å². The summed E-state index contributed by atoms with van der Waals surface area (Å²) in [6.45, 7) is 4.38. The first-order valence-electron chi connectivity index (χ1n) is 5.81. The molecule has 0 bridgehead atoms. The molecule has 0 aliphatic rings. The van der Waals surface area contributed by atoms with Crippen LogP contribution in [0.4, 0.5) is 0 Å². The molecule has 1 N–H and O–H groups in total. The van der Waals surface area contributed by atoms with Gasteiger partial charge in [-0.05, 0) is 56.1 Å². The van der Waals surface area contributed by atoms with Gasteiger partial charge in [-0.25, -0.2) is 0 Å². The number of hydrogen-bond acceptors (Lipinski definition) is 2. The van der Waals surface area contributed by atoms with Gasteiger partial charge in [-0.2, -0.15) is 0 Å². The molecule has 2 nitrogen and oxygen atoms in total. The normalized spacial score (nSPS) is 10.4. The van der Waals surface area contributed by atoms with Gasteiger partial charge in [0.15, 0.2) is 0 Å². The van der Waals surface area contributed by atoms with E-state index in [-0.39, 0.29) is 0 Å². The molecule has 0 amide bonds. The summed E-state index contributed by atoms with van der Waals surface area (Å²) in [4.78, 5) is 0. The Balaban J connectivity index is 2.40. The maximum Gasteiger partial charge on any atom is 0.119 e. The standard InChI is InChI=1S/C13H20BrNO/c1-3-8-15-9-4-5-11-10-12(16-2)6-7-13(11)14/h6-7,10,15H,3-5,8-9H2,1-2H3. The molecule has 1 aromatic carbocycles. The smallest absolute Gasteiger partial charge is 0.119 e. The minimum Gasteiger partial charge on any atom is -0.497 e. The monoisotopic (exact) mass is 285 g/mol. The number of methoxy groups -OCH3 is 1. The van der Waals surface area contributed by atoms with Crippen LogP contribution in [0.25, 0.3) is 0 Å². The highest BCUT2D eigenvalue weighted by molar-refractivity contribution is 9.10. The molecular weight excluding hydrogens is 266 g/mol. The SMILES string of the molecule is CCCNCCCc1cc(OC)ccc1Br. The van der Waals surface area contributed by atoms with E-state index in [0.29, 0.717) is 0 Å². The molecule has 3 heteroatoms. The Kier molecular flexibility index (Phi) is 6.50. The van der Waals surface area contributed by atoms with E-state index in [4.69, 9.17) is 4.74 Å². The Morgan fingerprint density at radius 1 is 1.31 bits per heavy atom. The van der Waals surface area contributed by atoms with Crippen molar-refractivity contribution in [3.05, 3.63) is 28.2 Å². The molecule has 1 aromatic rings. The number of benzene rings is 1. The van der Waals surface area contributed by atoms with E-state index < -0.39 is 0 Å². The third-order valence-electron chi connectivity index (χ3n) is 2.48. The second-order valence-corrected chi connectivity index (χ2v) is 4.67. The highest BCUT2D eigenvalue weighted by Gasteiger charge is 2.01. The lowest BCUT2D eigenvalue weighted by atomic mass is 10.1. The number of ether oxygens (including phenoxy) is 1. The van der Waals surface area contributed by atoms with Crippen LogP contribution in [0.3, 0.4) is 0 Å². The van der Waals surface area contributed by atoms with E-state index in [9.17, 15) is 0 Å². The summed E-state index contributed by atoms with van der Waals surface area (Å²) >= 11 is 3.57. The van der Waals surface area contributed by atoms with Crippen LogP contribution in [0, 0.1) is 0 Å². The molecule has 90 valence electrons. The topological polar surface area (TPSA) is 21.3 Å². The van der Waals surface area contributed by atoms with Crippen molar-refractivity contribution in [2.24, 2.45) is 0 Å². The first-order chi connectivity index (χ1) is 7.77. The molecule has 0 fully saturated rings. The summed E-state index contributed by atoms with van der Waals surface area (Å²) in [5.74, 6) is 0.930. The van der Waals surface area contributed by atoms with Crippen LogP contribution in [-0.2, 0) is 6.42 Å². The molecule has 0 saturated heterocycles. The maximum absolute atomic E-state index is 5.22. The zero-order chi connectivity index (χ0) is 11.8. The summed E-state index contributed by atoms with van der Waals surface area (Å²) in [7, 11) is 1.70. The van der Waals surface area contributed by atoms with Crippen LogP contribution in [0.1, 0.15) is 25.3 Å². The van der Waals surface area contributed by atoms with Crippen molar-refractivity contribution in [2.45, 2.75) is 26.2 Å². The van der Waals surface area contributed by atoms with Crippen LogP contribution in [0.15, 0.2) is 22.7 Å². The molecule has 1 rings (SSSR count). The third-order valence-corrected chi connectivity index (χ3v) is 3.25. The van der Waals surface area contributed by atoms with Gasteiger partial charge in [0, 0.05) is 4.47 Å². The van der Waals surface area contributed by atoms with Gasteiger partial charge in [0.25, 0.3) is 0 Å². The Bertz CT molecular complexity index is 315. The van der Waals surface area contributed by atoms with E-state index >= 15 is 0 Å². The number of hydrogen-bond donors (Lipinski definition) is 1. The third kappa shape index (κ3) is 4.54. The average molecular weight is 286 g/mol. The fraction of sp³-hybridized carbons (Fsp3) is 0.538. The van der Waals surface area contributed by atoms with Gasteiger partial charge >= 0.3 is 0 Å². The van der Waals surface area contributed by atoms with E-state index in [0.717, 1.165) is 31.7 Å². The summed E-state index contributed by atoms with van der Waals surface area (Å²) in [6, 6.07) is 6.13. The van der Waals surface area contributed by atoms with E-state index in [2.05, 4.69) is 34.2 Å². The summed E-state index contributed by atoms with van der Waals surface area (Å²) in [6.07, 6.45) is 3.43.